The number of hydrogen-bond acceptors (Lipinski definition) is 4. The second-order valence-corrected chi connectivity index (χ2v) is 4.95. The van der Waals surface area contributed by atoms with Crippen LogP contribution in [-0.2, 0) is 4.79 Å². The first-order chi connectivity index (χ1) is 9.66. The Hall–Kier alpha value is -1.85. The van der Waals surface area contributed by atoms with Gasteiger partial charge in [0.2, 0.25) is 5.91 Å². The van der Waals surface area contributed by atoms with E-state index < -0.39 is 5.92 Å². The van der Waals surface area contributed by atoms with E-state index in [2.05, 4.69) is 15.3 Å². The summed E-state index contributed by atoms with van der Waals surface area (Å²) >= 11 is 11.7. The topological polar surface area (TPSA) is 64.1 Å². The molecule has 5 nitrogen and oxygen atoms in total. The second-order valence-electron chi connectivity index (χ2n) is 4.22. The predicted molar refractivity (Wildman–Crippen MR) is 75.4 cm³/mol. The zero-order valence-electron chi connectivity index (χ0n) is 10.1. The fraction of sp³-hybridized carbons (Fsp3) is 0.154. The van der Waals surface area contributed by atoms with Crippen molar-refractivity contribution in [1.29, 1.82) is 0 Å². The monoisotopic (exact) mass is 309 g/mol. The van der Waals surface area contributed by atoms with E-state index in [0.29, 0.717) is 6.61 Å². The number of ether oxygens (including phenoxy) is 1. The van der Waals surface area contributed by atoms with E-state index in [1.165, 1.54) is 6.33 Å². The Morgan fingerprint density at radius 3 is 2.95 bits per heavy atom. The summed E-state index contributed by atoms with van der Waals surface area (Å²) in [5, 5.41) is 2.86. The van der Waals surface area contributed by atoms with E-state index in [1.54, 1.807) is 0 Å². The van der Waals surface area contributed by atoms with Crippen LogP contribution in [0.3, 0.4) is 0 Å². The van der Waals surface area contributed by atoms with E-state index in [9.17, 15) is 4.79 Å². The maximum Gasteiger partial charge on any atom is 0.236 e. The van der Waals surface area contributed by atoms with E-state index in [0.717, 1.165) is 11.3 Å². The molecule has 2 aromatic rings. The lowest BCUT2D eigenvalue weighted by Crippen LogP contribution is -2.23. The minimum atomic E-state index is -0.393. The number of halogens is 2. The standard InChI is InChI=1S/C13H9Cl2N3O2/c14-10-11(15)16-6-17-12(10)18-13(19)8-5-20-9-4-2-1-3-7(8)9/h1-4,6,8H,5H2,(H,16,17,18,19). The lowest BCUT2D eigenvalue weighted by atomic mass is 10.0. The first-order valence-corrected chi connectivity index (χ1v) is 6.61. The number of para-hydroxylation sites is 1. The molecular weight excluding hydrogens is 301 g/mol. The zero-order valence-corrected chi connectivity index (χ0v) is 11.6. The minimum Gasteiger partial charge on any atom is -0.492 e. The van der Waals surface area contributed by atoms with Gasteiger partial charge in [0.05, 0.1) is 0 Å². The number of hydrogen-bond donors (Lipinski definition) is 1. The third-order valence-corrected chi connectivity index (χ3v) is 3.75. The number of carbonyl (C=O) groups excluding carboxylic acids is 1. The van der Waals surface area contributed by atoms with Crippen LogP contribution >= 0.6 is 23.2 Å². The van der Waals surface area contributed by atoms with Gasteiger partial charge in [0, 0.05) is 5.56 Å². The molecule has 0 spiro atoms. The summed E-state index contributed by atoms with van der Waals surface area (Å²) in [4.78, 5) is 19.9. The molecule has 0 radical (unpaired) electrons. The van der Waals surface area contributed by atoms with E-state index in [4.69, 9.17) is 27.9 Å². The van der Waals surface area contributed by atoms with Crippen molar-refractivity contribution in [1.82, 2.24) is 9.97 Å². The van der Waals surface area contributed by atoms with E-state index in [1.807, 2.05) is 24.3 Å². The highest BCUT2D eigenvalue weighted by Gasteiger charge is 2.30. The summed E-state index contributed by atoms with van der Waals surface area (Å²) in [6.45, 7) is 0.293. The molecule has 1 unspecified atom stereocenters. The normalized spacial score (nSPS) is 16.4. The molecule has 1 aliphatic heterocycles. The van der Waals surface area contributed by atoms with Crippen molar-refractivity contribution in [3.63, 3.8) is 0 Å². The number of nitrogens with zero attached hydrogens (tertiary/aromatic N) is 2. The molecule has 3 rings (SSSR count). The van der Waals surface area contributed by atoms with Crippen LogP contribution in [0.25, 0.3) is 0 Å². The fourth-order valence-corrected chi connectivity index (χ4v) is 2.30. The van der Waals surface area contributed by atoms with Gasteiger partial charge in [-0.15, -0.1) is 0 Å². The Balaban J connectivity index is 1.83. The molecule has 1 aromatic heterocycles. The Morgan fingerprint density at radius 1 is 1.30 bits per heavy atom. The molecule has 7 heteroatoms. The summed E-state index contributed by atoms with van der Waals surface area (Å²) in [7, 11) is 0. The maximum absolute atomic E-state index is 12.3. The highest BCUT2D eigenvalue weighted by Crippen LogP contribution is 2.34. The molecule has 1 atom stereocenters. The molecule has 1 aromatic carbocycles. The molecule has 102 valence electrons. The maximum atomic E-state index is 12.3. The van der Waals surface area contributed by atoms with Crippen molar-refractivity contribution in [3.8, 4) is 5.75 Å². The lowest BCUT2D eigenvalue weighted by molar-refractivity contribution is -0.117. The van der Waals surface area contributed by atoms with Crippen LogP contribution in [0.5, 0.6) is 5.75 Å². The minimum absolute atomic E-state index is 0.0973. The van der Waals surface area contributed by atoms with Crippen LogP contribution in [0.4, 0.5) is 5.82 Å². The average molecular weight is 310 g/mol. The van der Waals surface area contributed by atoms with Crippen molar-refractivity contribution < 1.29 is 9.53 Å². The predicted octanol–water partition coefficient (Wildman–Crippen LogP) is 2.90. The first kappa shape index (κ1) is 13.1. The number of nitrogens with one attached hydrogen (secondary N) is 1. The molecule has 2 heterocycles. The smallest absolute Gasteiger partial charge is 0.236 e. The number of anilines is 1. The number of carbonyl (C=O) groups is 1. The van der Waals surface area contributed by atoms with Gasteiger partial charge in [-0.3, -0.25) is 4.79 Å². The Labute approximate surface area is 124 Å². The second kappa shape index (κ2) is 5.26. The van der Waals surface area contributed by atoms with E-state index in [-0.39, 0.29) is 21.9 Å². The summed E-state index contributed by atoms with van der Waals surface area (Å²) < 4.78 is 5.47. The Kier molecular flexibility index (Phi) is 3.46. The first-order valence-electron chi connectivity index (χ1n) is 5.85. The van der Waals surface area contributed by atoms with Crippen molar-refractivity contribution in [2.75, 3.05) is 11.9 Å². The largest absolute Gasteiger partial charge is 0.492 e. The van der Waals surface area contributed by atoms with E-state index >= 15 is 0 Å². The van der Waals surface area contributed by atoms with Gasteiger partial charge in [-0.2, -0.15) is 0 Å². The van der Waals surface area contributed by atoms with Gasteiger partial charge >= 0.3 is 0 Å². The SMILES string of the molecule is O=C(Nc1ncnc(Cl)c1Cl)C1COc2ccccc21. The van der Waals surface area contributed by atoms with Crippen LogP contribution < -0.4 is 10.1 Å². The molecule has 1 aliphatic rings. The molecule has 0 saturated heterocycles. The van der Waals surface area contributed by atoms with Crippen LogP contribution in [0, 0.1) is 0 Å². The Bertz CT molecular complexity index is 678. The molecule has 0 aliphatic carbocycles. The number of fused-ring (bicyclic) bond motifs is 1. The van der Waals surface area contributed by atoms with Gasteiger partial charge in [0.15, 0.2) is 11.0 Å². The summed E-state index contributed by atoms with van der Waals surface area (Å²) in [5.41, 5.74) is 0.848. The summed E-state index contributed by atoms with van der Waals surface area (Å²) in [5.74, 6) is 0.281. The molecule has 1 N–H and O–H groups in total. The van der Waals surface area contributed by atoms with Gasteiger partial charge < -0.3 is 10.1 Å². The van der Waals surface area contributed by atoms with Crippen LogP contribution in [-0.4, -0.2) is 22.5 Å². The average Bonchev–Trinajstić information content (AvgIpc) is 2.88. The van der Waals surface area contributed by atoms with Crippen molar-refractivity contribution in [2.45, 2.75) is 5.92 Å². The van der Waals surface area contributed by atoms with Gasteiger partial charge in [-0.1, -0.05) is 41.4 Å². The zero-order chi connectivity index (χ0) is 14.1. The third kappa shape index (κ3) is 2.30. The highest BCUT2D eigenvalue weighted by atomic mass is 35.5. The van der Waals surface area contributed by atoms with Crippen LogP contribution in [0.2, 0.25) is 10.2 Å². The van der Waals surface area contributed by atoms with Gasteiger partial charge in [-0.05, 0) is 6.07 Å². The molecule has 0 bridgehead atoms. The molecular formula is C13H9Cl2N3O2. The summed E-state index contributed by atoms with van der Waals surface area (Å²) in [6, 6.07) is 7.42. The molecule has 0 fully saturated rings. The van der Waals surface area contributed by atoms with Crippen molar-refractivity contribution >= 4 is 34.9 Å². The Morgan fingerprint density at radius 2 is 2.10 bits per heavy atom. The molecule has 0 saturated carbocycles. The van der Waals surface area contributed by atoms with Crippen LogP contribution in [0.1, 0.15) is 11.5 Å². The molecule has 20 heavy (non-hydrogen) atoms. The van der Waals surface area contributed by atoms with Crippen LogP contribution in [0.15, 0.2) is 30.6 Å². The van der Waals surface area contributed by atoms with Gasteiger partial charge in [0.25, 0.3) is 0 Å². The quantitative estimate of drug-likeness (QED) is 0.866. The fourth-order valence-electron chi connectivity index (χ4n) is 2.02. The lowest BCUT2D eigenvalue weighted by Gasteiger charge is -2.10. The number of aromatic nitrogens is 2. The number of amides is 1. The van der Waals surface area contributed by atoms with Crippen molar-refractivity contribution in [3.05, 3.63) is 46.3 Å². The third-order valence-electron chi connectivity index (χ3n) is 3.00. The number of benzene rings is 1. The number of rotatable bonds is 2. The highest BCUT2D eigenvalue weighted by molar-refractivity contribution is 6.42. The summed E-state index contributed by atoms with van der Waals surface area (Å²) in [6.07, 6.45) is 1.24. The van der Waals surface area contributed by atoms with Gasteiger partial charge in [0.1, 0.15) is 29.6 Å². The molecule has 1 amide bonds. The van der Waals surface area contributed by atoms with Crippen molar-refractivity contribution in [2.24, 2.45) is 0 Å². The van der Waals surface area contributed by atoms with Gasteiger partial charge in [-0.25, -0.2) is 9.97 Å².